The van der Waals surface area contributed by atoms with Crippen molar-refractivity contribution in [3.63, 3.8) is 0 Å². The van der Waals surface area contributed by atoms with E-state index in [4.69, 9.17) is 9.84 Å². The Morgan fingerprint density at radius 2 is 1.71 bits per heavy atom. The molecular formula is C16H12F2O3. The second-order valence-electron chi connectivity index (χ2n) is 4.36. The largest absolute Gasteiger partial charge is 0.478 e. The lowest BCUT2D eigenvalue weighted by molar-refractivity contribution is -0.132. The van der Waals surface area contributed by atoms with Gasteiger partial charge >= 0.3 is 5.97 Å². The average Bonchev–Trinajstić information content (AvgIpc) is 2.44. The van der Waals surface area contributed by atoms with Gasteiger partial charge in [-0.3, -0.25) is 0 Å². The van der Waals surface area contributed by atoms with E-state index >= 15 is 0 Å². The predicted octanol–water partition coefficient (Wildman–Crippen LogP) is 4.25. The summed E-state index contributed by atoms with van der Waals surface area (Å²) in [6.45, 7) is 1.34. The molecule has 0 bridgehead atoms. The zero-order valence-electron chi connectivity index (χ0n) is 11.1. The molecule has 5 heteroatoms. The summed E-state index contributed by atoms with van der Waals surface area (Å²) in [6, 6.07) is 10.3. The van der Waals surface area contributed by atoms with Gasteiger partial charge in [0, 0.05) is 5.57 Å². The lowest BCUT2D eigenvalue weighted by atomic mass is 10.1. The quantitative estimate of drug-likeness (QED) is 0.856. The van der Waals surface area contributed by atoms with Gasteiger partial charge in [0.05, 0.1) is 0 Å². The van der Waals surface area contributed by atoms with E-state index in [0.29, 0.717) is 5.75 Å². The highest BCUT2D eigenvalue weighted by atomic mass is 19.1. The fourth-order valence-corrected chi connectivity index (χ4v) is 1.68. The molecule has 0 unspecified atom stereocenters. The number of aliphatic carboxylic acids is 1. The van der Waals surface area contributed by atoms with Crippen molar-refractivity contribution in [2.75, 3.05) is 0 Å². The van der Waals surface area contributed by atoms with E-state index in [0.717, 1.165) is 12.1 Å². The maximum Gasteiger partial charge on any atom is 0.331 e. The molecule has 21 heavy (non-hydrogen) atoms. The number of para-hydroxylation sites is 1. The second-order valence-corrected chi connectivity index (χ2v) is 4.36. The summed E-state index contributed by atoms with van der Waals surface area (Å²) in [4.78, 5) is 10.7. The van der Waals surface area contributed by atoms with Crippen LogP contribution in [0.25, 0.3) is 6.08 Å². The average molecular weight is 290 g/mol. The number of carboxylic acid groups (broad SMARTS) is 1. The molecule has 0 radical (unpaired) electrons. The lowest BCUT2D eigenvalue weighted by Crippen LogP contribution is -1.97. The molecule has 0 aliphatic heterocycles. The van der Waals surface area contributed by atoms with Crippen LogP contribution < -0.4 is 4.74 Å². The number of carboxylic acids is 1. The van der Waals surface area contributed by atoms with E-state index in [1.807, 2.05) is 0 Å². The van der Waals surface area contributed by atoms with Gasteiger partial charge in [0.2, 0.25) is 0 Å². The van der Waals surface area contributed by atoms with Gasteiger partial charge in [0.1, 0.15) is 5.75 Å². The van der Waals surface area contributed by atoms with E-state index in [2.05, 4.69) is 0 Å². The Morgan fingerprint density at radius 1 is 1.14 bits per heavy atom. The predicted molar refractivity (Wildman–Crippen MR) is 74.2 cm³/mol. The van der Waals surface area contributed by atoms with Gasteiger partial charge in [0.15, 0.2) is 17.4 Å². The summed E-state index contributed by atoms with van der Waals surface area (Å²) < 4.78 is 33.0. The first-order valence-corrected chi connectivity index (χ1v) is 6.11. The number of benzene rings is 2. The third-order valence-electron chi connectivity index (χ3n) is 2.70. The van der Waals surface area contributed by atoms with Gasteiger partial charge in [-0.05, 0) is 42.8 Å². The first-order chi connectivity index (χ1) is 9.97. The van der Waals surface area contributed by atoms with Crippen molar-refractivity contribution in [1.82, 2.24) is 0 Å². The van der Waals surface area contributed by atoms with Crippen LogP contribution in [0, 0.1) is 11.6 Å². The monoisotopic (exact) mass is 290 g/mol. The van der Waals surface area contributed by atoms with Crippen molar-refractivity contribution >= 4 is 12.0 Å². The maximum absolute atomic E-state index is 13.9. The first kappa shape index (κ1) is 14.7. The van der Waals surface area contributed by atoms with Crippen LogP contribution in [0.3, 0.4) is 0 Å². The van der Waals surface area contributed by atoms with Gasteiger partial charge in [0.25, 0.3) is 0 Å². The molecule has 2 aromatic rings. The normalized spacial score (nSPS) is 11.3. The molecule has 2 rings (SSSR count). The van der Waals surface area contributed by atoms with Crippen molar-refractivity contribution in [1.29, 1.82) is 0 Å². The van der Waals surface area contributed by atoms with Crippen molar-refractivity contribution in [3.05, 3.63) is 65.2 Å². The number of ether oxygens (including phenoxy) is 1. The number of hydrogen-bond acceptors (Lipinski definition) is 2. The maximum atomic E-state index is 13.9. The molecule has 3 nitrogen and oxygen atoms in total. The number of carbonyl (C=O) groups is 1. The summed E-state index contributed by atoms with van der Waals surface area (Å²) in [5, 5.41) is 8.75. The van der Waals surface area contributed by atoms with Crippen LogP contribution in [0.5, 0.6) is 11.5 Å². The van der Waals surface area contributed by atoms with Crippen LogP contribution in [-0.4, -0.2) is 11.1 Å². The second kappa shape index (κ2) is 6.17. The number of halogens is 2. The van der Waals surface area contributed by atoms with Gasteiger partial charge in [-0.1, -0.05) is 18.2 Å². The van der Waals surface area contributed by atoms with Gasteiger partial charge in [-0.25, -0.2) is 13.6 Å². The Hall–Kier alpha value is -2.69. The van der Waals surface area contributed by atoms with E-state index in [-0.39, 0.29) is 11.1 Å². The Kier molecular flexibility index (Phi) is 4.33. The minimum absolute atomic E-state index is 0.0227. The molecule has 0 saturated heterocycles. The number of hydrogen-bond donors (Lipinski definition) is 1. The molecule has 0 aromatic heterocycles. The smallest absolute Gasteiger partial charge is 0.331 e. The summed E-state index contributed by atoms with van der Waals surface area (Å²) in [6.07, 6.45) is 1.18. The summed E-state index contributed by atoms with van der Waals surface area (Å²) in [5.74, 6) is -3.17. The number of rotatable bonds is 4. The van der Waals surface area contributed by atoms with Crippen molar-refractivity contribution in [2.45, 2.75) is 6.92 Å². The molecule has 0 atom stereocenters. The Balaban J connectivity index is 2.34. The standard InChI is InChI=1S/C16H12F2O3/c1-10(16(19)20)7-11-8-13(17)15(14(18)9-11)21-12-5-3-2-4-6-12/h2-9H,1H3,(H,19,20)/b10-7+. The van der Waals surface area contributed by atoms with Crippen LogP contribution >= 0.6 is 0 Å². The van der Waals surface area contributed by atoms with Crippen LogP contribution in [0.2, 0.25) is 0 Å². The lowest BCUT2D eigenvalue weighted by Gasteiger charge is -2.08. The van der Waals surface area contributed by atoms with E-state index < -0.39 is 23.4 Å². The van der Waals surface area contributed by atoms with Crippen molar-refractivity contribution < 1.29 is 23.4 Å². The van der Waals surface area contributed by atoms with Crippen LogP contribution in [-0.2, 0) is 4.79 Å². The van der Waals surface area contributed by atoms with Gasteiger partial charge in [-0.2, -0.15) is 0 Å². The molecule has 0 amide bonds. The third kappa shape index (κ3) is 3.66. The highest BCUT2D eigenvalue weighted by molar-refractivity contribution is 5.91. The van der Waals surface area contributed by atoms with Crippen molar-refractivity contribution in [3.8, 4) is 11.5 Å². The third-order valence-corrected chi connectivity index (χ3v) is 2.70. The fraction of sp³-hybridized carbons (Fsp3) is 0.0625. The van der Waals surface area contributed by atoms with Crippen LogP contribution in [0.1, 0.15) is 12.5 Å². The highest BCUT2D eigenvalue weighted by Gasteiger charge is 2.13. The molecule has 0 saturated carbocycles. The fourth-order valence-electron chi connectivity index (χ4n) is 1.68. The summed E-state index contributed by atoms with van der Waals surface area (Å²) in [7, 11) is 0. The molecule has 0 fully saturated rings. The Morgan fingerprint density at radius 3 is 2.24 bits per heavy atom. The van der Waals surface area contributed by atoms with E-state index in [1.54, 1.807) is 30.3 Å². The van der Waals surface area contributed by atoms with Crippen LogP contribution in [0.15, 0.2) is 48.0 Å². The summed E-state index contributed by atoms with van der Waals surface area (Å²) >= 11 is 0. The topological polar surface area (TPSA) is 46.5 Å². The molecule has 2 aromatic carbocycles. The first-order valence-electron chi connectivity index (χ1n) is 6.11. The molecule has 0 heterocycles. The Labute approximate surface area is 120 Å². The minimum Gasteiger partial charge on any atom is -0.478 e. The molecule has 0 spiro atoms. The molecule has 108 valence electrons. The zero-order valence-corrected chi connectivity index (χ0v) is 11.1. The Bertz CT molecular complexity index is 671. The molecular weight excluding hydrogens is 278 g/mol. The summed E-state index contributed by atoms with van der Waals surface area (Å²) in [5.41, 5.74) is 0.0934. The van der Waals surface area contributed by atoms with Gasteiger partial charge < -0.3 is 9.84 Å². The van der Waals surface area contributed by atoms with E-state index in [1.165, 1.54) is 13.0 Å². The zero-order chi connectivity index (χ0) is 15.4. The molecule has 0 aliphatic rings. The highest BCUT2D eigenvalue weighted by Crippen LogP contribution is 2.29. The van der Waals surface area contributed by atoms with Crippen molar-refractivity contribution in [2.24, 2.45) is 0 Å². The van der Waals surface area contributed by atoms with Crippen LogP contribution in [0.4, 0.5) is 8.78 Å². The van der Waals surface area contributed by atoms with Gasteiger partial charge in [-0.15, -0.1) is 0 Å². The molecule has 1 N–H and O–H groups in total. The SMILES string of the molecule is C/C(=C\c1cc(F)c(Oc2ccccc2)c(F)c1)C(=O)O. The molecule has 0 aliphatic carbocycles. The van der Waals surface area contributed by atoms with E-state index in [9.17, 15) is 13.6 Å². The minimum atomic E-state index is -1.15.